The van der Waals surface area contributed by atoms with Gasteiger partial charge in [-0.2, -0.15) is 0 Å². The van der Waals surface area contributed by atoms with Crippen LogP contribution in [0.2, 0.25) is 0 Å². The summed E-state index contributed by atoms with van der Waals surface area (Å²) in [6, 6.07) is 16.0. The van der Waals surface area contributed by atoms with Crippen LogP contribution in [-0.2, 0) is 16.1 Å². The maximum atomic E-state index is 12.1. The Morgan fingerprint density at radius 3 is 2.52 bits per heavy atom. The van der Waals surface area contributed by atoms with Crippen LogP contribution in [-0.4, -0.2) is 29.3 Å². The minimum absolute atomic E-state index is 0.164. The lowest BCUT2D eigenvalue weighted by Gasteiger charge is -2.24. The molecule has 1 saturated carbocycles. The number of aliphatic hydroxyl groups excluding tert-OH is 1. The molecule has 2 aromatic rings. The minimum Gasteiger partial charge on any atom is -0.462 e. The summed E-state index contributed by atoms with van der Waals surface area (Å²) in [6.07, 6.45) is -0.232. The van der Waals surface area contributed by atoms with E-state index in [4.69, 9.17) is 9.47 Å². The van der Waals surface area contributed by atoms with Crippen LogP contribution in [0.3, 0.4) is 0 Å². The highest BCUT2D eigenvalue weighted by molar-refractivity contribution is 5.89. The fourth-order valence-electron chi connectivity index (χ4n) is 2.93. The topological polar surface area (TPSA) is 84.9 Å². The van der Waals surface area contributed by atoms with Gasteiger partial charge in [0, 0.05) is 0 Å². The average molecular weight is 369 g/mol. The number of aliphatic hydroxyl groups is 1. The molecule has 6 heteroatoms. The second kappa shape index (κ2) is 8.22. The van der Waals surface area contributed by atoms with Crippen LogP contribution in [0.4, 0.5) is 4.79 Å². The number of benzene rings is 2. The van der Waals surface area contributed by atoms with Crippen LogP contribution in [0.1, 0.15) is 47.4 Å². The van der Waals surface area contributed by atoms with E-state index in [0.29, 0.717) is 24.0 Å². The molecule has 1 amide bonds. The number of rotatable bonds is 7. The van der Waals surface area contributed by atoms with Gasteiger partial charge < -0.3 is 19.9 Å². The summed E-state index contributed by atoms with van der Waals surface area (Å²) in [6.45, 7) is 2.18. The highest BCUT2D eigenvalue weighted by Gasteiger charge is 2.51. The Morgan fingerprint density at radius 1 is 1.11 bits per heavy atom. The monoisotopic (exact) mass is 369 g/mol. The molecule has 142 valence electrons. The minimum atomic E-state index is -0.934. The summed E-state index contributed by atoms with van der Waals surface area (Å²) in [5, 5.41) is 13.5. The van der Waals surface area contributed by atoms with E-state index in [1.165, 1.54) is 0 Å². The molecule has 0 heterocycles. The Hall–Kier alpha value is -2.86. The maximum Gasteiger partial charge on any atom is 0.408 e. The van der Waals surface area contributed by atoms with Crippen molar-refractivity contribution >= 4 is 12.1 Å². The number of hydrogen-bond donors (Lipinski definition) is 2. The molecular formula is C21H23NO5. The van der Waals surface area contributed by atoms with Crippen molar-refractivity contribution in [3.8, 4) is 0 Å². The van der Waals surface area contributed by atoms with E-state index in [-0.39, 0.29) is 13.2 Å². The van der Waals surface area contributed by atoms with Gasteiger partial charge in [-0.3, -0.25) is 0 Å². The third kappa shape index (κ3) is 4.65. The molecule has 0 bridgehead atoms. The molecule has 1 aliphatic rings. The Morgan fingerprint density at radius 2 is 1.85 bits per heavy atom. The van der Waals surface area contributed by atoms with Gasteiger partial charge in [-0.1, -0.05) is 42.5 Å². The molecule has 0 aromatic heterocycles. The summed E-state index contributed by atoms with van der Waals surface area (Å²) in [5.74, 6) is -0.438. The summed E-state index contributed by atoms with van der Waals surface area (Å²) in [7, 11) is 0. The molecule has 1 fully saturated rings. The molecular weight excluding hydrogens is 346 g/mol. The van der Waals surface area contributed by atoms with Crippen molar-refractivity contribution in [1.29, 1.82) is 0 Å². The van der Waals surface area contributed by atoms with Crippen LogP contribution in [0.5, 0.6) is 0 Å². The van der Waals surface area contributed by atoms with E-state index in [0.717, 1.165) is 5.56 Å². The van der Waals surface area contributed by atoms with Gasteiger partial charge in [-0.15, -0.1) is 0 Å². The van der Waals surface area contributed by atoms with Gasteiger partial charge >= 0.3 is 12.1 Å². The average Bonchev–Trinajstić information content (AvgIpc) is 3.47. The number of hydrogen-bond acceptors (Lipinski definition) is 5. The first-order chi connectivity index (χ1) is 13.0. The number of amides is 1. The number of carbonyl (C=O) groups is 2. The third-order valence-corrected chi connectivity index (χ3v) is 4.59. The molecule has 27 heavy (non-hydrogen) atoms. The van der Waals surface area contributed by atoms with E-state index in [2.05, 4.69) is 5.32 Å². The van der Waals surface area contributed by atoms with Crippen molar-refractivity contribution < 1.29 is 24.2 Å². The summed E-state index contributed by atoms with van der Waals surface area (Å²) in [5.41, 5.74) is 1.05. The zero-order valence-corrected chi connectivity index (χ0v) is 15.2. The second-order valence-electron chi connectivity index (χ2n) is 6.59. The number of alkyl carbamates (subject to hydrolysis) is 1. The van der Waals surface area contributed by atoms with Gasteiger partial charge in [0.15, 0.2) is 0 Å². The first-order valence-corrected chi connectivity index (χ1v) is 8.98. The van der Waals surface area contributed by atoms with Crippen LogP contribution in [0.15, 0.2) is 54.6 Å². The standard InChI is InChI=1S/C21H23NO5/c1-2-26-19(24)17-10-6-9-16(13-17)18(23)21(11-12-21)22-20(25)27-14-15-7-4-3-5-8-15/h3-10,13,18,23H,2,11-12,14H2,1H3,(H,22,25). The molecule has 1 aliphatic carbocycles. The van der Waals surface area contributed by atoms with Crippen LogP contribution in [0.25, 0.3) is 0 Å². The van der Waals surface area contributed by atoms with Crippen LogP contribution in [0, 0.1) is 0 Å². The molecule has 3 rings (SSSR count). The predicted octanol–water partition coefficient (Wildman–Crippen LogP) is 3.36. The number of esters is 1. The molecule has 0 saturated heterocycles. The first-order valence-electron chi connectivity index (χ1n) is 8.98. The van der Waals surface area contributed by atoms with Crippen molar-refractivity contribution in [2.24, 2.45) is 0 Å². The number of nitrogens with one attached hydrogen (secondary N) is 1. The Kier molecular flexibility index (Phi) is 5.76. The van der Waals surface area contributed by atoms with Gasteiger partial charge in [-0.25, -0.2) is 9.59 Å². The molecule has 1 unspecified atom stereocenters. The lowest BCUT2D eigenvalue weighted by Crippen LogP contribution is -2.41. The SMILES string of the molecule is CCOC(=O)c1cccc(C(O)C2(NC(=O)OCc3ccccc3)CC2)c1. The van der Waals surface area contributed by atoms with E-state index in [1.54, 1.807) is 31.2 Å². The summed E-state index contributed by atoms with van der Waals surface area (Å²) >= 11 is 0. The Balaban J connectivity index is 1.62. The fraction of sp³-hybridized carbons (Fsp3) is 0.333. The lowest BCUT2D eigenvalue weighted by molar-refractivity contribution is 0.0525. The fourth-order valence-corrected chi connectivity index (χ4v) is 2.93. The molecule has 0 radical (unpaired) electrons. The number of carbonyl (C=O) groups excluding carboxylic acids is 2. The lowest BCUT2D eigenvalue weighted by atomic mass is 9.98. The van der Waals surface area contributed by atoms with Crippen molar-refractivity contribution in [3.63, 3.8) is 0 Å². The van der Waals surface area contributed by atoms with E-state index in [9.17, 15) is 14.7 Å². The zero-order chi connectivity index (χ0) is 19.3. The van der Waals surface area contributed by atoms with E-state index < -0.39 is 23.7 Å². The molecule has 2 N–H and O–H groups in total. The summed E-state index contributed by atoms with van der Waals surface area (Å²) in [4.78, 5) is 24.0. The largest absolute Gasteiger partial charge is 0.462 e. The van der Waals surface area contributed by atoms with E-state index >= 15 is 0 Å². The Bertz CT molecular complexity index is 801. The van der Waals surface area contributed by atoms with Crippen molar-refractivity contribution in [3.05, 3.63) is 71.3 Å². The van der Waals surface area contributed by atoms with Gasteiger partial charge in [0.05, 0.1) is 17.7 Å². The quantitative estimate of drug-likeness (QED) is 0.731. The predicted molar refractivity (Wildman–Crippen MR) is 99.1 cm³/mol. The Labute approximate surface area is 158 Å². The van der Waals surface area contributed by atoms with E-state index in [1.807, 2.05) is 30.3 Å². The van der Waals surface area contributed by atoms with Gasteiger partial charge in [0.2, 0.25) is 0 Å². The highest BCUT2D eigenvalue weighted by atomic mass is 16.5. The maximum absolute atomic E-state index is 12.1. The van der Waals surface area contributed by atoms with Gasteiger partial charge in [-0.05, 0) is 43.0 Å². The molecule has 0 spiro atoms. The normalized spacial score (nSPS) is 15.5. The van der Waals surface area contributed by atoms with Crippen molar-refractivity contribution in [2.75, 3.05) is 6.61 Å². The van der Waals surface area contributed by atoms with Crippen molar-refractivity contribution in [1.82, 2.24) is 5.32 Å². The van der Waals surface area contributed by atoms with Gasteiger partial charge in [0.25, 0.3) is 0 Å². The third-order valence-electron chi connectivity index (χ3n) is 4.59. The first kappa shape index (κ1) is 18.9. The summed E-state index contributed by atoms with van der Waals surface area (Å²) < 4.78 is 10.2. The smallest absolute Gasteiger partial charge is 0.408 e. The van der Waals surface area contributed by atoms with Gasteiger partial charge in [0.1, 0.15) is 12.7 Å². The molecule has 6 nitrogen and oxygen atoms in total. The van der Waals surface area contributed by atoms with Crippen LogP contribution >= 0.6 is 0 Å². The van der Waals surface area contributed by atoms with Crippen molar-refractivity contribution in [2.45, 2.75) is 38.0 Å². The number of ether oxygens (including phenoxy) is 2. The second-order valence-corrected chi connectivity index (χ2v) is 6.59. The van der Waals surface area contributed by atoms with Crippen LogP contribution < -0.4 is 5.32 Å². The molecule has 2 aromatic carbocycles. The zero-order valence-electron chi connectivity index (χ0n) is 15.2. The molecule has 0 aliphatic heterocycles. The highest BCUT2D eigenvalue weighted by Crippen LogP contribution is 2.46. The molecule has 1 atom stereocenters.